The van der Waals surface area contributed by atoms with E-state index in [-0.39, 0.29) is 5.82 Å². The molecule has 0 unspecified atom stereocenters. The van der Waals surface area contributed by atoms with Crippen molar-refractivity contribution < 1.29 is 4.39 Å². The maximum atomic E-state index is 13.2. The van der Waals surface area contributed by atoms with Crippen molar-refractivity contribution in [1.82, 2.24) is 14.5 Å². The van der Waals surface area contributed by atoms with Gasteiger partial charge in [0.2, 0.25) is 0 Å². The highest BCUT2D eigenvalue weighted by Crippen LogP contribution is 2.30. The van der Waals surface area contributed by atoms with Gasteiger partial charge < -0.3 is 10.3 Å². The Morgan fingerprint density at radius 3 is 2.73 bits per heavy atom. The summed E-state index contributed by atoms with van der Waals surface area (Å²) in [7, 11) is 0. The summed E-state index contributed by atoms with van der Waals surface area (Å²) in [5.74, 6) is -0.379. The summed E-state index contributed by atoms with van der Waals surface area (Å²) in [6, 6.07) is 9.98. The fourth-order valence-corrected chi connectivity index (χ4v) is 2.59. The van der Waals surface area contributed by atoms with Crippen molar-refractivity contribution in [2.24, 2.45) is 5.73 Å². The Hall–Kier alpha value is -2.24. The quantitative estimate of drug-likeness (QED) is 0.804. The topological polar surface area (TPSA) is 56.7 Å². The van der Waals surface area contributed by atoms with Gasteiger partial charge in [0.25, 0.3) is 0 Å². The first-order valence-electron chi connectivity index (χ1n) is 6.78. The molecule has 22 heavy (non-hydrogen) atoms. The Morgan fingerprint density at radius 1 is 1.18 bits per heavy atom. The van der Waals surface area contributed by atoms with Crippen molar-refractivity contribution in [1.29, 1.82) is 0 Å². The van der Waals surface area contributed by atoms with Gasteiger partial charge in [0, 0.05) is 18.3 Å². The Morgan fingerprint density at radius 2 is 2.05 bits per heavy atom. The van der Waals surface area contributed by atoms with Crippen LogP contribution in [0.2, 0.25) is 5.02 Å². The maximum absolute atomic E-state index is 13.2. The molecular weight excluding hydrogens is 303 g/mol. The molecule has 0 amide bonds. The molecule has 1 aromatic carbocycles. The lowest BCUT2D eigenvalue weighted by atomic mass is 10.1. The Balaban J connectivity index is 2.00. The lowest BCUT2D eigenvalue weighted by molar-refractivity contribution is 0.628. The van der Waals surface area contributed by atoms with Gasteiger partial charge in [0.05, 0.1) is 35.0 Å². The third-order valence-corrected chi connectivity index (χ3v) is 3.70. The van der Waals surface area contributed by atoms with E-state index < -0.39 is 0 Å². The van der Waals surface area contributed by atoms with Crippen molar-refractivity contribution in [3.8, 4) is 11.3 Å². The summed E-state index contributed by atoms with van der Waals surface area (Å²) in [5.41, 5.74) is 8.95. The minimum Gasteiger partial charge on any atom is -0.327 e. The van der Waals surface area contributed by atoms with Crippen molar-refractivity contribution in [3.05, 3.63) is 71.2 Å². The van der Waals surface area contributed by atoms with Gasteiger partial charge >= 0.3 is 0 Å². The molecule has 2 heterocycles. The number of hydrogen-bond donors (Lipinski definition) is 1. The van der Waals surface area contributed by atoms with Gasteiger partial charge in [-0.05, 0) is 30.3 Å². The van der Waals surface area contributed by atoms with Crippen LogP contribution in [0.3, 0.4) is 0 Å². The molecule has 0 bridgehead atoms. The van der Waals surface area contributed by atoms with E-state index in [4.69, 9.17) is 17.3 Å². The second-order valence-corrected chi connectivity index (χ2v) is 5.22. The number of aromatic nitrogens is 3. The molecule has 0 saturated carbocycles. The molecule has 0 radical (unpaired) electrons. The summed E-state index contributed by atoms with van der Waals surface area (Å²) in [4.78, 5) is 8.69. The number of nitrogens with zero attached hydrogens (tertiary/aromatic N) is 3. The minimum absolute atomic E-state index is 0.301. The molecular formula is C16H14ClFN4. The average Bonchev–Trinajstić information content (AvgIpc) is 2.91. The van der Waals surface area contributed by atoms with Gasteiger partial charge in [-0.25, -0.2) is 9.37 Å². The first-order valence-corrected chi connectivity index (χ1v) is 7.16. The lowest BCUT2D eigenvalue weighted by Crippen LogP contribution is -2.09. The second kappa shape index (κ2) is 6.25. The summed E-state index contributed by atoms with van der Waals surface area (Å²) in [6.45, 7) is 0.870. The van der Waals surface area contributed by atoms with Crippen LogP contribution in [-0.4, -0.2) is 14.5 Å². The predicted octanol–water partition coefficient (Wildman–Crippen LogP) is 3.24. The van der Waals surface area contributed by atoms with Crippen LogP contribution in [-0.2, 0) is 13.1 Å². The first kappa shape index (κ1) is 14.7. The van der Waals surface area contributed by atoms with Gasteiger partial charge in [0.15, 0.2) is 0 Å². The van der Waals surface area contributed by atoms with Crippen LogP contribution in [0, 0.1) is 5.82 Å². The zero-order chi connectivity index (χ0) is 15.5. The summed E-state index contributed by atoms with van der Waals surface area (Å²) in [6.07, 6.45) is 3.44. The molecule has 0 aliphatic rings. The molecule has 0 saturated heterocycles. The number of pyridine rings is 1. The van der Waals surface area contributed by atoms with Crippen LogP contribution >= 0.6 is 11.6 Å². The number of benzene rings is 1. The Kier molecular flexibility index (Phi) is 4.18. The normalized spacial score (nSPS) is 10.9. The molecule has 6 heteroatoms. The molecule has 2 aromatic heterocycles. The van der Waals surface area contributed by atoms with E-state index in [2.05, 4.69) is 9.97 Å². The van der Waals surface area contributed by atoms with Crippen molar-refractivity contribution in [3.63, 3.8) is 0 Å². The van der Waals surface area contributed by atoms with Crippen LogP contribution in [0.4, 0.5) is 4.39 Å². The van der Waals surface area contributed by atoms with E-state index in [1.807, 2.05) is 22.8 Å². The van der Waals surface area contributed by atoms with E-state index in [1.165, 1.54) is 12.1 Å². The van der Waals surface area contributed by atoms with Gasteiger partial charge in [0.1, 0.15) is 5.82 Å². The molecule has 0 aliphatic carbocycles. The van der Waals surface area contributed by atoms with Crippen LogP contribution in [0.15, 0.2) is 48.9 Å². The highest BCUT2D eigenvalue weighted by atomic mass is 35.5. The van der Waals surface area contributed by atoms with Crippen LogP contribution in [0.25, 0.3) is 11.3 Å². The average molecular weight is 317 g/mol. The fourth-order valence-electron chi connectivity index (χ4n) is 2.33. The van der Waals surface area contributed by atoms with Gasteiger partial charge in [-0.3, -0.25) is 4.98 Å². The van der Waals surface area contributed by atoms with Crippen LogP contribution < -0.4 is 5.73 Å². The van der Waals surface area contributed by atoms with Gasteiger partial charge in [-0.1, -0.05) is 17.7 Å². The number of halogens is 2. The highest BCUT2D eigenvalue weighted by molar-refractivity contribution is 6.33. The zero-order valence-corrected chi connectivity index (χ0v) is 12.5. The van der Waals surface area contributed by atoms with Gasteiger partial charge in [-0.2, -0.15) is 0 Å². The van der Waals surface area contributed by atoms with E-state index >= 15 is 0 Å². The molecule has 112 valence electrons. The maximum Gasteiger partial charge on any atom is 0.124 e. The molecule has 3 aromatic rings. The number of hydrogen-bond acceptors (Lipinski definition) is 3. The highest BCUT2D eigenvalue weighted by Gasteiger charge is 2.15. The van der Waals surface area contributed by atoms with Crippen molar-refractivity contribution >= 4 is 11.6 Å². The third kappa shape index (κ3) is 2.86. The standard InChI is InChI=1S/C16H14ClFN4/c17-14-7-11(18)4-5-13(14)16-15(8-19)22(10-21-16)9-12-3-1-2-6-20-12/h1-7,10H,8-9,19H2. The number of nitrogens with two attached hydrogens (primary N) is 1. The minimum atomic E-state index is -0.379. The molecule has 0 atom stereocenters. The molecule has 3 rings (SSSR count). The molecule has 0 aliphatic heterocycles. The molecule has 4 nitrogen and oxygen atoms in total. The monoisotopic (exact) mass is 316 g/mol. The summed E-state index contributed by atoms with van der Waals surface area (Å²) < 4.78 is 15.1. The zero-order valence-electron chi connectivity index (χ0n) is 11.7. The van der Waals surface area contributed by atoms with Crippen molar-refractivity contribution in [2.75, 3.05) is 0 Å². The molecule has 0 spiro atoms. The largest absolute Gasteiger partial charge is 0.327 e. The molecule has 0 fully saturated rings. The Bertz CT molecular complexity index is 786. The second-order valence-electron chi connectivity index (χ2n) is 4.82. The first-order chi connectivity index (χ1) is 10.7. The van der Waals surface area contributed by atoms with Crippen LogP contribution in [0.1, 0.15) is 11.4 Å². The molecule has 2 N–H and O–H groups in total. The number of rotatable bonds is 4. The smallest absolute Gasteiger partial charge is 0.124 e. The van der Waals surface area contributed by atoms with E-state index in [0.717, 1.165) is 11.4 Å². The lowest BCUT2D eigenvalue weighted by Gasteiger charge is -2.09. The fraction of sp³-hybridized carbons (Fsp3) is 0.125. The Labute approximate surface area is 132 Å². The van der Waals surface area contributed by atoms with E-state index in [0.29, 0.717) is 29.4 Å². The van der Waals surface area contributed by atoms with Gasteiger partial charge in [-0.15, -0.1) is 0 Å². The van der Waals surface area contributed by atoms with Crippen molar-refractivity contribution in [2.45, 2.75) is 13.1 Å². The summed E-state index contributed by atoms with van der Waals surface area (Å²) in [5, 5.41) is 0.317. The van der Waals surface area contributed by atoms with Crippen LogP contribution in [0.5, 0.6) is 0 Å². The predicted molar refractivity (Wildman–Crippen MR) is 83.9 cm³/mol. The summed E-state index contributed by atoms with van der Waals surface area (Å²) >= 11 is 6.12. The SMILES string of the molecule is NCc1c(-c2ccc(F)cc2Cl)ncn1Cc1ccccn1. The van der Waals surface area contributed by atoms with E-state index in [9.17, 15) is 4.39 Å². The third-order valence-electron chi connectivity index (χ3n) is 3.38. The van der Waals surface area contributed by atoms with E-state index in [1.54, 1.807) is 18.6 Å². The number of imidazole rings is 1.